The number of rotatable bonds is 7. The van der Waals surface area contributed by atoms with Gasteiger partial charge >= 0.3 is 5.97 Å². The van der Waals surface area contributed by atoms with E-state index in [1.54, 1.807) is 30.3 Å². The van der Waals surface area contributed by atoms with Crippen molar-refractivity contribution in [2.45, 2.75) is 19.4 Å². The van der Waals surface area contributed by atoms with E-state index in [1.807, 2.05) is 0 Å². The SMILES string of the molecule is COc1ccc(-c2noc(COC(=O)c3cccc(N4C(=O)CCC4=O)c3)n2)cc1OC. The van der Waals surface area contributed by atoms with Gasteiger partial charge in [0.25, 0.3) is 5.89 Å². The van der Waals surface area contributed by atoms with Gasteiger partial charge in [-0.1, -0.05) is 11.2 Å². The van der Waals surface area contributed by atoms with Gasteiger partial charge in [-0.3, -0.25) is 14.5 Å². The van der Waals surface area contributed by atoms with Crippen molar-refractivity contribution >= 4 is 23.5 Å². The normalized spacial score (nSPS) is 13.4. The summed E-state index contributed by atoms with van der Waals surface area (Å²) in [6.45, 7) is -0.245. The van der Waals surface area contributed by atoms with E-state index in [2.05, 4.69) is 10.1 Å². The Morgan fingerprint density at radius 2 is 1.78 bits per heavy atom. The van der Waals surface area contributed by atoms with Gasteiger partial charge in [-0.25, -0.2) is 4.79 Å². The van der Waals surface area contributed by atoms with Gasteiger partial charge in [0, 0.05) is 18.4 Å². The number of anilines is 1. The quantitative estimate of drug-likeness (QED) is 0.406. The van der Waals surface area contributed by atoms with Gasteiger partial charge in [0.2, 0.25) is 17.6 Å². The molecule has 0 spiro atoms. The van der Waals surface area contributed by atoms with Gasteiger partial charge in [-0.2, -0.15) is 4.98 Å². The second-order valence-electron chi connectivity index (χ2n) is 6.83. The molecule has 10 heteroatoms. The second-order valence-corrected chi connectivity index (χ2v) is 6.83. The Morgan fingerprint density at radius 3 is 2.50 bits per heavy atom. The molecule has 1 aromatic heterocycles. The van der Waals surface area contributed by atoms with Crippen molar-refractivity contribution in [1.29, 1.82) is 0 Å². The van der Waals surface area contributed by atoms with Crippen LogP contribution in [0.3, 0.4) is 0 Å². The third kappa shape index (κ3) is 4.15. The zero-order valence-corrected chi connectivity index (χ0v) is 17.4. The molecule has 10 nitrogen and oxygen atoms in total. The number of ether oxygens (including phenoxy) is 3. The first-order valence-electron chi connectivity index (χ1n) is 9.68. The molecule has 1 fully saturated rings. The van der Waals surface area contributed by atoms with E-state index in [9.17, 15) is 14.4 Å². The lowest BCUT2D eigenvalue weighted by molar-refractivity contribution is -0.121. The lowest BCUT2D eigenvalue weighted by atomic mass is 10.2. The van der Waals surface area contributed by atoms with Crippen molar-refractivity contribution < 1.29 is 33.1 Å². The zero-order valence-electron chi connectivity index (χ0n) is 17.4. The Hall–Kier alpha value is -4.21. The van der Waals surface area contributed by atoms with Crippen LogP contribution >= 0.6 is 0 Å². The van der Waals surface area contributed by atoms with E-state index in [4.69, 9.17) is 18.7 Å². The molecule has 0 N–H and O–H groups in total. The van der Waals surface area contributed by atoms with Gasteiger partial charge in [0.1, 0.15) is 0 Å². The van der Waals surface area contributed by atoms with Crippen LogP contribution in [-0.2, 0) is 20.9 Å². The van der Waals surface area contributed by atoms with Gasteiger partial charge in [0.15, 0.2) is 18.1 Å². The smallest absolute Gasteiger partial charge is 0.338 e. The number of methoxy groups -OCH3 is 2. The van der Waals surface area contributed by atoms with Gasteiger partial charge < -0.3 is 18.7 Å². The maximum absolute atomic E-state index is 12.4. The highest BCUT2D eigenvalue weighted by Gasteiger charge is 2.30. The first-order chi connectivity index (χ1) is 15.5. The molecule has 1 saturated heterocycles. The number of imide groups is 1. The van der Waals surface area contributed by atoms with E-state index in [0.29, 0.717) is 28.6 Å². The number of carbonyl (C=O) groups is 3. The fourth-order valence-corrected chi connectivity index (χ4v) is 3.25. The van der Waals surface area contributed by atoms with E-state index in [1.165, 1.54) is 26.4 Å². The van der Waals surface area contributed by atoms with Crippen molar-refractivity contribution in [2.24, 2.45) is 0 Å². The number of hydrogen-bond donors (Lipinski definition) is 0. The number of benzene rings is 2. The van der Waals surface area contributed by atoms with Crippen LogP contribution in [0.1, 0.15) is 29.1 Å². The molecule has 2 amide bonds. The number of aromatic nitrogens is 2. The summed E-state index contributed by atoms with van der Waals surface area (Å²) in [5.74, 6) is 0.222. The minimum Gasteiger partial charge on any atom is -0.493 e. The standard InChI is InChI=1S/C22H19N3O7/c1-29-16-7-6-13(11-17(16)30-2)21-23-18(32-24-21)12-31-22(28)14-4-3-5-15(10-14)25-19(26)8-9-20(25)27/h3-7,10-11H,8-9,12H2,1-2H3. The summed E-state index contributed by atoms with van der Waals surface area (Å²) in [5, 5.41) is 3.90. The Balaban J connectivity index is 1.43. The molecule has 2 aromatic carbocycles. The number of hydrogen-bond acceptors (Lipinski definition) is 9. The minimum atomic E-state index is -0.656. The molecule has 3 aromatic rings. The summed E-state index contributed by atoms with van der Waals surface area (Å²) >= 11 is 0. The highest BCUT2D eigenvalue weighted by molar-refractivity contribution is 6.20. The highest BCUT2D eigenvalue weighted by atomic mass is 16.6. The molecule has 1 aliphatic heterocycles. The summed E-state index contributed by atoms with van der Waals surface area (Å²) in [6.07, 6.45) is 0.320. The fraction of sp³-hybridized carbons (Fsp3) is 0.227. The number of nitrogens with zero attached hydrogens (tertiary/aromatic N) is 3. The lowest BCUT2D eigenvalue weighted by Gasteiger charge is -2.14. The fourth-order valence-electron chi connectivity index (χ4n) is 3.25. The van der Waals surface area contributed by atoms with Crippen LogP contribution in [0.5, 0.6) is 11.5 Å². The molecule has 164 valence electrons. The zero-order chi connectivity index (χ0) is 22.7. The number of carbonyl (C=O) groups excluding carboxylic acids is 3. The van der Waals surface area contributed by atoms with E-state index in [0.717, 1.165) is 4.90 Å². The molecular weight excluding hydrogens is 418 g/mol. The van der Waals surface area contributed by atoms with Crippen LogP contribution in [0.15, 0.2) is 47.0 Å². The van der Waals surface area contributed by atoms with Crippen molar-refractivity contribution in [2.75, 3.05) is 19.1 Å². The molecule has 0 radical (unpaired) electrons. The monoisotopic (exact) mass is 437 g/mol. The minimum absolute atomic E-state index is 0.101. The molecule has 1 aliphatic rings. The first kappa shape index (κ1) is 21.0. The maximum Gasteiger partial charge on any atom is 0.338 e. The molecule has 0 bridgehead atoms. The second kappa shape index (κ2) is 8.88. The van der Waals surface area contributed by atoms with Crippen LogP contribution in [-0.4, -0.2) is 42.1 Å². The Bertz CT molecular complexity index is 1170. The highest BCUT2D eigenvalue weighted by Crippen LogP contribution is 2.31. The molecule has 0 unspecified atom stereocenters. The van der Waals surface area contributed by atoms with Gasteiger partial charge in [0.05, 0.1) is 25.5 Å². The third-order valence-corrected chi connectivity index (χ3v) is 4.83. The molecular formula is C22H19N3O7. The van der Waals surface area contributed by atoms with Crippen LogP contribution in [0.25, 0.3) is 11.4 Å². The van der Waals surface area contributed by atoms with Crippen molar-refractivity contribution in [3.63, 3.8) is 0 Å². The number of amides is 2. The average Bonchev–Trinajstić information content (AvgIpc) is 3.43. The summed E-state index contributed by atoms with van der Waals surface area (Å²) in [5.41, 5.74) is 1.16. The lowest BCUT2D eigenvalue weighted by Crippen LogP contribution is -2.28. The average molecular weight is 437 g/mol. The van der Waals surface area contributed by atoms with Crippen molar-refractivity contribution in [1.82, 2.24) is 10.1 Å². The molecule has 0 aliphatic carbocycles. The Morgan fingerprint density at radius 1 is 1.03 bits per heavy atom. The van der Waals surface area contributed by atoms with E-state index < -0.39 is 5.97 Å². The van der Waals surface area contributed by atoms with Crippen LogP contribution in [0, 0.1) is 0 Å². The predicted molar refractivity (Wildman–Crippen MR) is 110 cm³/mol. The molecule has 0 saturated carbocycles. The largest absolute Gasteiger partial charge is 0.493 e. The van der Waals surface area contributed by atoms with Gasteiger partial charge in [-0.15, -0.1) is 0 Å². The topological polar surface area (TPSA) is 121 Å². The van der Waals surface area contributed by atoms with Crippen LogP contribution < -0.4 is 14.4 Å². The molecule has 32 heavy (non-hydrogen) atoms. The summed E-state index contributed by atoms with van der Waals surface area (Å²) in [4.78, 5) is 41.6. The molecule has 4 rings (SSSR count). The Kier molecular flexibility index (Phi) is 5.84. The van der Waals surface area contributed by atoms with Crippen molar-refractivity contribution in [3.05, 3.63) is 53.9 Å². The first-order valence-corrected chi connectivity index (χ1v) is 9.68. The van der Waals surface area contributed by atoms with E-state index >= 15 is 0 Å². The predicted octanol–water partition coefficient (Wildman–Crippen LogP) is 2.76. The Labute approximate surface area is 182 Å². The molecule has 0 atom stereocenters. The van der Waals surface area contributed by atoms with Gasteiger partial charge in [-0.05, 0) is 36.4 Å². The summed E-state index contributed by atoms with van der Waals surface area (Å²) in [7, 11) is 3.06. The maximum atomic E-state index is 12.4. The van der Waals surface area contributed by atoms with Crippen LogP contribution in [0.2, 0.25) is 0 Å². The van der Waals surface area contributed by atoms with E-state index in [-0.39, 0.29) is 42.7 Å². The van der Waals surface area contributed by atoms with Crippen LogP contribution in [0.4, 0.5) is 5.69 Å². The summed E-state index contributed by atoms with van der Waals surface area (Å²) in [6, 6.07) is 11.3. The third-order valence-electron chi connectivity index (χ3n) is 4.83. The summed E-state index contributed by atoms with van der Waals surface area (Å²) < 4.78 is 20.9. The van der Waals surface area contributed by atoms with Crippen molar-refractivity contribution in [3.8, 4) is 22.9 Å². The number of esters is 1. The molecule has 2 heterocycles.